The monoisotopic (exact) mass is 252 g/mol. The molecule has 0 heterocycles. The van der Waals surface area contributed by atoms with Crippen LogP contribution in [0.5, 0.6) is 0 Å². The molecule has 0 saturated heterocycles. The van der Waals surface area contributed by atoms with Crippen LogP contribution >= 0.6 is 0 Å². The molecule has 1 heteroatoms. The van der Waals surface area contributed by atoms with Gasteiger partial charge in [-0.2, -0.15) is 0 Å². The highest BCUT2D eigenvalue weighted by Gasteiger charge is 2.34. The van der Waals surface area contributed by atoms with Crippen molar-refractivity contribution in [3.63, 3.8) is 0 Å². The van der Waals surface area contributed by atoms with Gasteiger partial charge in [0.25, 0.3) is 0 Å². The molecule has 0 aromatic carbocycles. The number of carbonyl (C=O) groups excluding carboxylic acids is 1. The third kappa shape index (κ3) is 7.89. The van der Waals surface area contributed by atoms with Crippen LogP contribution in [0.4, 0.5) is 0 Å². The molecule has 2 unspecified atom stereocenters. The molecule has 0 N–H and O–H groups in total. The molecule has 106 valence electrons. The molecule has 1 fully saturated rings. The Morgan fingerprint density at radius 3 is 2.00 bits per heavy atom. The second-order valence-corrected chi connectivity index (χ2v) is 6.12. The smallest absolute Gasteiger partial charge is 0.119 e. The summed E-state index contributed by atoms with van der Waals surface area (Å²) in [6.45, 7) is 2.29. The van der Waals surface area contributed by atoms with E-state index in [4.69, 9.17) is 0 Å². The summed E-state index contributed by atoms with van der Waals surface area (Å²) >= 11 is 0. The molecule has 0 bridgehead atoms. The van der Waals surface area contributed by atoms with E-state index in [1.807, 2.05) is 0 Å². The SMILES string of the molecule is CCCCCCC1CC1CCCCCCCC=O. The Hall–Kier alpha value is -0.330. The predicted molar refractivity (Wildman–Crippen MR) is 78.7 cm³/mol. The van der Waals surface area contributed by atoms with Crippen LogP contribution in [-0.4, -0.2) is 6.29 Å². The fraction of sp³-hybridized carbons (Fsp3) is 0.941. The van der Waals surface area contributed by atoms with Crippen molar-refractivity contribution in [3.05, 3.63) is 0 Å². The zero-order valence-corrected chi connectivity index (χ0v) is 12.3. The minimum atomic E-state index is 0.766. The van der Waals surface area contributed by atoms with Gasteiger partial charge in [-0.3, -0.25) is 0 Å². The van der Waals surface area contributed by atoms with Crippen molar-refractivity contribution in [1.82, 2.24) is 0 Å². The number of carbonyl (C=O) groups is 1. The molecule has 0 aromatic heterocycles. The number of rotatable bonds is 13. The minimum Gasteiger partial charge on any atom is -0.303 e. The van der Waals surface area contributed by atoms with Crippen LogP contribution in [-0.2, 0) is 4.79 Å². The highest BCUT2D eigenvalue weighted by Crippen LogP contribution is 2.45. The lowest BCUT2D eigenvalue weighted by Crippen LogP contribution is -1.86. The lowest BCUT2D eigenvalue weighted by atomic mass is 10.0. The number of hydrogen-bond acceptors (Lipinski definition) is 1. The van der Waals surface area contributed by atoms with Crippen LogP contribution in [0.1, 0.15) is 90.4 Å². The quantitative estimate of drug-likeness (QED) is 0.311. The van der Waals surface area contributed by atoms with Gasteiger partial charge in [-0.05, 0) is 24.7 Å². The van der Waals surface area contributed by atoms with Crippen LogP contribution in [0.2, 0.25) is 0 Å². The van der Waals surface area contributed by atoms with Crippen molar-refractivity contribution in [2.75, 3.05) is 0 Å². The Bertz CT molecular complexity index is 200. The van der Waals surface area contributed by atoms with E-state index in [1.165, 1.54) is 70.6 Å². The first-order valence-corrected chi connectivity index (χ1v) is 8.32. The summed E-state index contributed by atoms with van der Waals surface area (Å²) in [5, 5.41) is 0. The van der Waals surface area contributed by atoms with Crippen LogP contribution < -0.4 is 0 Å². The summed E-state index contributed by atoms with van der Waals surface area (Å²) in [6.07, 6.45) is 18.5. The van der Waals surface area contributed by atoms with Gasteiger partial charge in [0.1, 0.15) is 6.29 Å². The molecule has 18 heavy (non-hydrogen) atoms. The van der Waals surface area contributed by atoms with Gasteiger partial charge < -0.3 is 4.79 Å². The topological polar surface area (TPSA) is 17.1 Å². The highest BCUT2D eigenvalue weighted by atomic mass is 16.1. The fourth-order valence-corrected chi connectivity index (χ4v) is 3.02. The summed E-state index contributed by atoms with van der Waals surface area (Å²) in [5.74, 6) is 2.18. The van der Waals surface area contributed by atoms with Crippen molar-refractivity contribution in [3.8, 4) is 0 Å². The molecule has 1 aliphatic carbocycles. The zero-order valence-electron chi connectivity index (χ0n) is 12.3. The fourth-order valence-electron chi connectivity index (χ4n) is 3.02. The van der Waals surface area contributed by atoms with E-state index < -0.39 is 0 Å². The van der Waals surface area contributed by atoms with E-state index in [0.29, 0.717) is 0 Å². The summed E-state index contributed by atoms with van der Waals surface area (Å²) in [7, 11) is 0. The van der Waals surface area contributed by atoms with Gasteiger partial charge >= 0.3 is 0 Å². The molecule has 0 aromatic rings. The Morgan fingerprint density at radius 1 is 0.833 bits per heavy atom. The van der Waals surface area contributed by atoms with E-state index in [2.05, 4.69) is 6.92 Å². The maximum Gasteiger partial charge on any atom is 0.119 e. The number of hydrogen-bond donors (Lipinski definition) is 0. The third-order valence-electron chi connectivity index (χ3n) is 4.39. The Balaban J connectivity index is 1.77. The molecular weight excluding hydrogens is 220 g/mol. The first-order valence-electron chi connectivity index (χ1n) is 8.32. The largest absolute Gasteiger partial charge is 0.303 e. The lowest BCUT2D eigenvalue weighted by Gasteiger charge is -2.01. The van der Waals surface area contributed by atoms with E-state index in [9.17, 15) is 4.79 Å². The van der Waals surface area contributed by atoms with Crippen molar-refractivity contribution in [2.45, 2.75) is 90.4 Å². The Kier molecular flexibility index (Phi) is 9.24. The maximum atomic E-state index is 10.2. The number of unbranched alkanes of at least 4 members (excludes halogenated alkanes) is 8. The molecule has 0 amide bonds. The van der Waals surface area contributed by atoms with E-state index >= 15 is 0 Å². The van der Waals surface area contributed by atoms with Crippen LogP contribution in [0, 0.1) is 11.8 Å². The molecule has 1 nitrogen and oxygen atoms in total. The van der Waals surface area contributed by atoms with E-state index in [-0.39, 0.29) is 0 Å². The first kappa shape index (κ1) is 15.7. The van der Waals surface area contributed by atoms with Crippen LogP contribution in [0.3, 0.4) is 0 Å². The summed E-state index contributed by atoms with van der Waals surface area (Å²) in [6, 6.07) is 0. The molecule has 0 spiro atoms. The summed E-state index contributed by atoms with van der Waals surface area (Å²) in [5.41, 5.74) is 0. The molecule has 1 aliphatic rings. The van der Waals surface area contributed by atoms with Gasteiger partial charge in [0.2, 0.25) is 0 Å². The Morgan fingerprint density at radius 2 is 1.39 bits per heavy atom. The van der Waals surface area contributed by atoms with Crippen LogP contribution in [0.25, 0.3) is 0 Å². The molecule has 0 aliphatic heterocycles. The van der Waals surface area contributed by atoms with E-state index in [1.54, 1.807) is 0 Å². The lowest BCUT2D eigenvalue weighted by molar-refractivity contribution is -0.107. The predicted octanol–water partition coefficient (Wildman–Crippen LogP) is 5.52. The minimum absolute atomic E-state index is 0.766. The summed E-state index contributed by atoms with van der Waals surface area (Å²) < 4.78 is 0. The van der Waals surface area contributed by atoms with Crippen molar-refractivity contribution >= 4 is 6.29 Å². The van der Waals surface area contributed by atoms with Crippen molar-refractivity contribution < 1.29 is 4.79 Å². The van der Waals surface area contributed by atoms with Crippen molar-refractivity contribution in [1.29, 1.82) is 0 Å². The van der Waals surface area contributed by atoms with Gasteiger partial charge in [0.15, 0.2) is 0 Å². The van der Waals surface area contributed by atoms with E-state index in [0.717, 1.165) is 31.0 Å². The molecule has 2 atom stereocenters. The highest BCUT2D eigenvalue weighted by molar-refractivity contribution is 5.48. The molecule has 1 saturated carbocycles. The summed E-state index contributed by atoms with van der Waals surface area (Å²) in [4.78, 5) is 10.2. The van der Waals surface area contributed by atoms with Gasteiger partial charge in [0.05, 0.1) is 0 Å². The van der Waals surface area contributed by atoms with Gasteiger partial charge in [-0.15, -0.1) is 0 Å². The van der Waals surface area contributed by atoms with Gasteiger partial charge in [-0.25, -0.2) is 0 Å². The maximum absolute atomic E-state index is 10.2. The van der Waals surface area contributed by atoms with Gasteiger partial charge in [0, 0.05) is 6.42 Å². The van der Waals surface area contributed by atoms with Crippen LogP contribution in [0.15, 0.2) is 0 Å². The molecule has 1 rings (SSSR count). The molecule has 0 radical (unpaired) electrons. The van der Waals surface area contributed by atoms with Crippen molar-refractivity contribution in [2.24, 2.45) is 11.8 Å². The first-order chi connectivity index (χ1) is 8.88. The average molecular weight is 252 g/mol. The standard InChI is InChI=1S/C17H32O/c1-2-3-4-9-12-16-15-17(16)13-10-7-5-6-8-11-14-18/h14,16-17H,2-13,15H2,1H3. The second kappa shape index (κ2) is 10.6. The normalized spacial score (nSPS) is 22.1. The zero-order chi connectivity index (χ0) is 13.1. The third-order valence-corrected chi connectivity index (χ3v) is 4.39. The number of aldehydes is 1. The van der Waals surface area contributed by atoms with Gasteiger partial charge in [-0.1, -0.05) is 71.1 Å². The average Bonchev–Trinajstić information content (AvgIpc) is 3.12. The Labute approximate surface area is 114 Å². The molecular formula is C17H32O. The second-order valence-electron chi connectivity index (χ2n) is 6.12.